The first-order chi connectivity index (χ1) is 6.79. The van der Waals surface area contributed by atoms with E-state index in [2.05, 4.69) is 4.98 Å². The van der Waals surface area contributed by atoms with Crippen LogP contribution in [0.25, 0.3) is 0 Å². The highest BCUT2D eigenvalue weighted by atomic mass is 32.2. The third kappa shape index (κ3) is 1.96. The molecule has 0 aliphatic carbocycles. The molecular weight excluding hydrogens is 202 g/mol. The predicted molar refractivity (Wildman–Crippen MR) is 54.5 cm³/mol. The lowest BCUT2D eigenvalue weighted by molar-refractivity contribution is 0.536. The molecule has 0 saturated carbocycles. The molecule has 2 N–H and O–H groups in total. The maximum atomic E-state index is 11.1. The molecule has 78 valence electrons. The number of rotatable bonds is 2. The van der Waals surface area contributed by atoms with E-state index in [9.17, 15) is 4.21 Å². The average Bonchev–Trinajstić information content (AvgIpc) is 2.67. The standard InChI is InChI=1S/C8H13N3O2S/c9-5-7-6-13-8(10-7)11-1-3-14(12)4-2-11/h6H,1-5,9H2. The van der Waals surface area contributed by atoms with Crippen LogP contribution in [0, 0.1) is 0 Å². The molecule has 1 aliphatic rings. The van der Waals surface area contributed by atoms with Gasteiger partial charge in [-0.25, -0.2) is 0 Å². The molecular formula is C8H13N3O2S. The fraction of sp³-hybridized carbons (Fsp3) is 0.625. The Morgan fingerprint density at radius 2 is 2.29 bits per heavy atom. The number of anilines is 1. The summed E-state index contributed by atoms with van der Waals surface area (Å²) in [7, 11) is -0.665. The zero-order valence-corrected chi connectivity index (χ0v) is 8.63. The van der Waals surface area contributed by atoms with E-state index in [1.807, 2.05) is 4.90 Å². The van der Waals surface area contributed by atoms with Crippen LogP contribution in [0.3, 0.4) is 0 Å². The highest BCUT2D eigenvalue weighted by Gasteiger charge is 2.18. The molecule has 0 spiro atoms. The lowest BCUT2D eigenvalue weighted by Crippen LogP contribution is -2.37. The van der Waals surface area contributed by atoms with Crippen molar-refractivity contribution in [3.63, 3.8) is 0 Å². The Morgan fingerprint density at radius 3 is 2.86 bits per heavy atom. The summed E-state index contributed by atoms with van der Waals surface area (Å²) in [4.78, 5) is 6.21. The Labute approximate surface area is 84.7 Å². The van der Waals surface area contributed by atoms with Crippen LogP contribution >= 0.6 is 0 Å². The van der Waals surface area contributed by atoms with Crippen molar-refractivity contribution in [3.05, 3.63) is 12.0 Å². The number of oxazole rings is 1. The summed E-state index contributed by atoms with van der Waals surface area (Å²) < 4.78 is 16.4. The minimum absolute atomic E-state index is 0.392. The Hall–Kier alpha value is -0.880. The molecule has 0 aromatic carbocycles. The van der Waals surface area contributed by atoms with Gasteiger partial charge in [-0.1, -0.05) is 0 Å². The summed E-state index contributed by atoms with van der Waals surface area (Å²) in [5.41, 5.74) is 6.18. The van der Waals surface area contributed by atoms with E-state index in [4.69, 9.17) is 10.2 Å². The van der Waals surface area contributed by atoms with Gasteiger partial charge in [-0.2, -0.15) is 4.98 Å². The third-order valence-corrected chi connectivity index (χ3v) is 3.47. The Balaban J connectivity index is 2.04. The normalized spacial score (nSPS) is 18.8. The number of hydrogen-bond acceptors (Lipinski definition) is 5. The Morgan fingerprint density at radius 1 is 1.57 bits per heavy atom. The molecule has 0 radical (unpaired) electrons. The monoisotopic (exact) mass is 215 g/mol. The van der Waals surface area contributed by atoms with E-state index in [1.54, 1.807) is 6.26 Å². The summed E-state index contributed by atoms with van der Waals surface area (Å²) in [6.07, 6.45) is 1.57. The van der Waals surface area contributed by atoms with E-state index in [0.29, 0.717) is 24.1 Å². The smallest absolute Gasteiger partial charge is 0.297 e. The number of nitrogens with two attached hydrogens (primary N) is 1. The maximum Gasteiger partial charge on any atom is 0.297 e. The fourth-order valence-corrected chi connectivity index (χ4v) is 2.42. The van der Waals surface area contributed by atoms with Crippen LogP contribution in [-0.4, -0.2) is 33.8 Å². The number of hydrogen-bond donors (Lipinski definition) is 1. The molecule has 1 aromatic rings. The first kappa shape index (κ1) is 9.67. The quantitative estimate of drug-likeness (QED) is 0.733. The zero-order valence-electron chi connectivity index (χ0n) is 7.81. The number of nitrogens with zero attached hydrogens (tertiary/aromatic N) is 2. The van der Waals surface area contributed by atoms with Gasteiger partial charge in [0.15, 0.2) is 0 Å². The van der Waals surface area contributed by atoms with Crippen molar-refractivity contribution in [3.8, 4) is 0 Å². The van der Waals surface area contributed by atoms with E-state index < -0.39 is 10.8 Å². The van der Waals surface area contributed by atoms with Crippen molar-refractivity contribution in [2.45, 2.75) is 6.54 Å². The Kier molecular flexibility index (Phi) is 2.83. The Bertz CT molecular complexity index is 329. The second kappa shape index (κ2) is 4.10. The van der Waals surface area contributed by atoms with E-state index in [1.165, 1.54) is 0 Å². The third-order valence-electron chi connectivity index (χ3n) is 2.20. The van der Waals surface area contributed by atoms with Gasteiger partial charge in [0.2, 0.25) is 0 Å². The lowest BCUT2D eigenvalue weighted by atomic mass is 10.5. The van der Waals surface area contributed by atoms with Crippen LogP contribution in [0.4, 0.5) is 6.01 Å². The van der Waals surface area contributed by atoms with Crippen molar-refractivity contribution in [2.75, 3.05) is 29.5 Å². The number of aromatic nitrogens is 1. The van der Waals surface area contributed by atoms with Gasteiger partial charge < -0.3 is 15.1 Å². The first-order valence-corrected chi connectivity index (χ1v) is 6.03. The molecule has 1 aromatic heterocycles. The van der Waals surface area contributed by atoms with Crippen LogP contribution in [0.2, 0.25) is 0 Å². The second-order valence-electron chi connectivity index (χ2n) is 3.16. The van der Waals surface area contributed by atoms with Gasteiger partial charge in [-0.15, -0.1) is 0 Å². The van der Waals surface area contributed by atoms with E-state index in [0.717, 1.165) is 18.8 Å². The second-order valence-corrected chi connectivity index (χ2v) is 4.86. The molecule has 5 nitrogen and oxygen atoms in total. The van der Waals surface area contributed by atoms with Crippen LogP contribution < -0.4 is 10.6 Å². The summed E-state index contributed by atoms with van der Waals surface area (Å²) in [6.45, 7) is 1.89. The molecule has 0 atom stereocenters. The molecule has 1 fully saturated rings. The minimum Gasteiger partial charge on any atom is -0.432 e. The predicted octanol–water partition coefficient (Wildman–Crippen LogP) is -0.298. The highest BCUT2D eigenvalue weighted by molar-refractivity contribution is 7.85. The van der Waals surface area contributed by atoms with Crippen molar-refractivity contribution < 1.29 is 8.63 Å². The summed E-state index contributed by atoms with van der Waals surface area (Å²) in [5.74, 6) is 1.39. The molecule has 0 amide bonds. The van der Waals surface area contributed by atoms with Crippen molar-refractivity contribution in [1.82, 2.24) is 4.98 Å². The minimum atomic E-state index is -0.665. The van der Waals surface area contributed by atoms with Crippen LogP contribution in [-0.2, 0) is 17.3 Å². The van der Waals surface area contributed by atoms with Gasteiger partial charge in [0.25, 0.3) is 6.01 Å². The van der Waals surface area contributed by atoms with Gasteiger partial charge >= 0.3 is 0 Å². The molecule has 2 rings (SSSR count). The summed E-state index contributed by atoms with van der Waals surface area (Å²) >= 11 is 0. The summed E-state index contributed by atoms with van der Waals surface area (Å²) in [5, 5.41) is 0. The molecule has 2 heterocycles. The lowest BCUT2D eigenvalue weighted by Gasteiger charge is -2.24. The molecule has 6 heteroatoms. The van der Waals surface area contributed by atoms with E-state index >= 15 is 0 Å². The maximum absolute atomic E-state index is 11.1. The van der Waals surface area contributed by atoms with Gasteiger partial charge in [0, 0.05) is 41.9 Å². The molecule has 1 saturated heterocycles. The first-order valence-electron chi connectivity index (χ1n) is 4.54. The fourth-order valence-electron chi connectivity index (χ4n) is 1.36. The van der Waals surface area contributed by atoms with Gasteiger partial charge in [0.05, 0.1) is 5.69 Å². The van der Waals surface area contributed by atoms with Gasteiger partial charge in [-0.05, 0) is 0 Å². The highest BCUT2D eigenvalue weighted by Crippen LogP contribution is 2.15. The SMILES string of the molecule is NCc1coc(N2CCS(=O)CC2)n1. The van der Waals surface area contributed by atoms with Crippen molar-refractivity contribution in [2.24, 2.45) is 5.73 Å². The molecule has 1 aliphatic heterocycles. The van der Waals surface area contributed by atoms with Gasteiger partial charge in [-0.3, -0.25) is 4.21 Å². The van der Waals surface area contributed by atoms with Crippen molar-refractivity contribution >= 4 is 16.8 Å². The van der Waals surface area contributed by atoms with Crippen LogP contribution in [0.15, 0.2) is 10.7 Å². The summed E-state index contributed by atoms with van der Waals surface area (Å²) in [6, 6.07) is 0.599. The van der Waals surface area contributed by atoms with Crippen LogP contribution in [0.1, 0.15) is 5.69 Å². The van der Waals surface area contributed by atoms with Crippen LogP contribution in [0.5, 0.6) is 0 Å². The largest absolute Gasteiger partial charge is 0.432 e. The molecule has 0 unspecified atom stereocenters. The average molecular weight is 215 g/mol. The van der Waals surface area contributed by atoms with Crippen molar-refractivity contribution in [1.29, 1.82) is 0 Å². The topological polar surface area (TPSA) is 72.4 Å². The van der Waals surface area contributed by atoms with E-state index in [-0.39, 0.29) is 0 Å². The molecule has 14 heavy (non-hydrogen) atoms. The van der Waals surface area contributed by atoms with Gasteiger partial charge in [0.1, 0.15) is 6.26 Å². The molecule has 0 bridgehead atoms. The zero-order chi connectivity index (χ0) is 9.97.